The number of aryl methyl sites for hydroxylation is 1. The molecule has 1 unspecified atom stereocenters. The standard InChI is InChI=1S/C13H21ClN2/c1-3-6-13-15-11(9-14)12-8-5-7-10(4-2)16(12)13/h10H,3-9H2,1-2H3. The first-order valence-electron chi connectivity index (χ1n) is 6.46. The third-order valence-corrected chi connectivity index (χ3v) is 3.81. The molecule has 0 saturated heterocycles. The molecule has 2 nitrogen and oxygen atoms in total. The third-order valence-electron chi connectivity index (χ3n) is 3.55. The van der Waals surface area contributed by atoms with Crippen LogP contribution >= 0.6 is 11.6 Å². The van der Waals surface area contributed by atoms with Gasteiger partial charge in [-0.05, 0) is 32.1 Å². The molecule has 90 valence electrons. The van der Waals surface area contributed by atoms with E-state index in [4.69, 9.17) is 16.6 Å². The van der Waals surface area contributed by atoms with Crippen molar-refractivity contribution >= 4 is 11.6 Å². The van der Waals surface area contributed by atoms with Crippen LogP contribution in [-0.2, 0) is 18.7 Å². The van der Waals surface area contributed by atoms with Gasteiger partial charge in [-0.15, -0.1) is 11.6 Å². The number of alkyl halides is 1. The Hall–Kier alpha value is -0.500. The minimum Gasteiger partial charge on any atom is -0.329 e. The van der Waals surface area contributed by atoms with Gasteiger partial charge in [0.1, 0.15) is 5.82 Å². The summed E-state index contributed by atoms with van der Waals surface area (Å²) in [5, 5.41) is 0. The van der Waals surface area contributed by atoms with E-state index in [0.717, 1.165) is 25.0 Å². The highest BCUT2D eigenvalue weighted by Gasteiger charge is 2.24. The number of fused-ring (bicyclic) bond motifs is 1. The van der Waals surface area contributed by atoms with Crippen LogP contribution in [0, 0.1) is 0 Å². The maximum atomic E-state index is 5.99. The van der Waals surface area contributed by atoms with Gasteiger partial charge in [-0.25, -0.2) is 4.98 Å². The quantitative estimate of drug-likeness (QED) is 0.731. The van der Waals surface area contributed by atoms with Gasteiger partial charge in [-0.1, -0.05) is 13.8 Å². The minimum absolute atomic E-state index is 0.565. The lowest BCUT2D eigenvalue weighted by atomic mass is 9.99. The number of aromatic nitrogens is 2. The van der Waals surface area contributed by atoms with Crippen molar-refractivity contribution in [1.29, 1.82) is 0 Å². The van der Waals surface area contributed by atoms with E-state index in [2.05, 4.69) is 18.4 Å². The molecule has 1 aliphatic rings. The second kappa shape index (κ2) is 5.22. The Morgan fingerprint density at radius 2 is 2.25 bits per heavy atom. The van der Waals surface area contributed by atoms with Gasteiger partial charge in [0.05, 0.1) is 11.6 Å². The van der Waals surface area contributed by atoms with Gasteiger partial charge in [-0.2, -0.15) is 0 Å². The number of rotatable bonds is 4. The molecule has 0 spiro atoms. The smallest absolute Gasteiger partial charge is 0.109 e. The maximum absolute atomic E-state index is 5.99. The summed E-state index contributed by atoms with van der Waals surface area (Å²) in [6, 6.07) is 0.662. The van der Waals surface area contributed by atoms with Crippen LogP contribution in [-0.4, -0.2) is 9.55 Å². The second-order valence-corrected chi connectivity index (χ2v) is 4.90. The minimum atomic E-state index is 0.565. The lowest BCUT2D eigenvalue weighted by Crippen LogP contribution is -2.19. The molecule has 2 rings (SSSR count). The van der Waals surface area contributed by atoms with Crippen LogP contribution in [0.15, 0.2) is 0 Å². The van der Waals surface area contributed by atoms with Gasteiger partial charge in [0.25, 0.3) is 0 Å². The Labute approximate surface area is 103 Å². The van der Waals surface area contributed by atoms with Gasteiger partial charge in [0, 0.05) is 18.2 Å². The first kappa shape index (κ1) is 12.0. The van der Waals surface area contributed by atoms with Crippen LogP contribution in [0.5, 0.6) is 0 Å². The topological polar surface area (TPSA) is 17.8 Å². The second-order valence-electron chi connectivity index (χ2n) is 4.63. The van der Waals surface area contributed by atoms with Crippen molar-refractivity contribution in [1.82, 2.24) is 9.55 Å². The first-order valence-corrected chi connectivity index (χ1v) is 7.00. The number of halogens is 1. The zero-order valence-electron chi connectivity index (χ0n) is 10.3. The SMILES string of the molecule is CCCc1nc(CCl)c2n1C(CC)CCC2. The van der Waals surface area contributed by atoms with Crippen molar-refractivity contribution in [3.05, 3.63) is 17.2 Å². The van der Waals surface area contributed by atoms with Crippen molar-refractivity contribution in [3.8, 4) is 0 Å². The number of nitrogens with zero attached hydrogens (tertiary/aromatic N) is 2. The monoisotopic (exact) mass is 240 g/mol. The van der Waals surface area contributed by atoms with E-state index >= 15 is 0 Å². The highest BCUT2D eigenvalue weighted by Crippen LogP contribution is 2.31. The Balaban J connectivity index is 2.42. The van der Waals surface area contributed by atoms with Crippen molar-refractivity contribution in [2.75, 3.05) is 0 Å². The molecule has 0 saturated carbocycles. The molecule has 0 aromatic carbocycles. The Morgan fingerprint density at radius 1 is 1.44 bits per heavy atom. The maximum Gasteiger partial charge on any atom is 0.109 e. The molecule has 0 aliphatic carbocycles. The summed E-state index contributed by atoms with van der Waals surface area (Å²) in [5.74, 6) is 1.83. The molecule has 0 fully saturated rings. The molecule has 0 bridgehead atoms. The highest BCUT2D eigenvalue weighted by atomic mass is 35.5. The summed E-state index contributed by atoms with van der Waals surface area (Å²) in [6.45, 7) is 4.49. The molecule has 1 aromatic rings. The molecule has 1 aromatic heterocycles. The van der Waals surface area contributed by atoms with E-state index < -0.39 is 0 Å². The van der Waals surface area contributed by atoms with Gasteiger partial charge in [0.2, 0.25) is 0 Å². The van der Waals surface area contributed by atoms with Crippen molar-refractivity contribution in [3.63, 3.8) is 0 Å². The summed E-state index contributed by atoms with van der Waals surface area (Å²) in [4.78, 5) is 4.73. The number of hydrogen-bond donors (Lipinski definition) is 0. The van der Waals surface area contributed by atoms with E-state index in [-0.39, 0.29) is 0 Å². The van der Waals surface area contributed by atoms with Gasteiger partial charge >= 0.3 is 0 Å². The predicted octanol–water partition coefficient (Wildman–Crippen LogP) is 3.86. The zero-order valence-corrected chi connectivity index (χ0v) is 11.1. The number of hydrogen-bond acceptors (Lipinski definition) is 1. The van der Waals surface area contributed by atoms with E-state index in [1.807, 2.05) is 0 Å². The molecule has 0 amide bonds. The fourth-order valence-corrected chi connectivity index (χ4v) is 3.01. The van der Waals surface area contributed by atoms with Crippen LogP contribution in [0.1, 0.15) is 62.8 Å². The molecule has 1 aliphatic heterocycles. The molecule has 0 radical (unpaired) electrons. The first-order chi connectivity index (χ1) is 7.81. The molecule has 2 heterocycles. The van der Waals surface area contributed by atoms with Gasteiger partial charge in [0.15, 0.2) is 0 Å². The third kappa shape index (κ3) is 2.00. The summed E-state index contributed by atoms with van der Waals surface area (Å²) < 4.78 is 2.49. The van der Waals surface area contributed by atoms with Crippen LogP contribution in [0.4, 0.5) is 0 Å². The summed E-state index contributed by atoms with van der Waals surface area (Å²) in [5.41, 5.74) is 2.54. The Kier molecular flexibility index (Phi) is 3.91. The fourth-order valence-electron chi connectivity index (χ4n) is 2.79. The van der Waals surface area contributed by atoms with Gasteiger partial charge < -0.3 is 4.57 Å². The molecule has 3 heteroatoms. The molecular weight excluding hydrogens is 220 g/mol. The van der Waals surface area contributed by atoms with E-state index in [1.165, 1.54) is 30.8 Å². The molecule has 0 N–H and O–H groups in total. The van der Waals surface area contributed by atoms with Crippen molar-refractivity contribution < 1.29 is 0 Å². The zero-order chi connectivity index (χ0) is 11.5. The van der Waals surface area contributed by atoms with Crippen LogP contribution in [0.2, 0.25) is 0 Å². The lowest BCUT2D eigenvalue weighted by Gasteiger charge is -2.26. The summed E-state index contributed by atoms with van der Waals surface area (Å²) in [6.07, 6.45) is 7.21. The summed E-state index contributed by atoms with van der Waals surface area (Å²) >= 11 is 5.99. The average Bonchev–Trinajstić information content (AvgIpc) is 2.68. The van der Waals surface area contributed by atoms with E-state index in [9.17, 15) is 0 Å². The summed E-state index contributed by atoms with van der Waals surface area (Å²) in [7, 11) is 0. The highest BCUT2D eigenvalue weighted by molar-refractivity contribution is 6.17. The number of imidazole rings is 1. The van der Waals surface area contributed by atoms with Crippen LogP contribution in [0.25, 0.3) is 0 Å². The van der Waals surface area contributed by atoms with Crippen molar-refractivity contribution in [2.24, 2.45) is 0 Å². The Morgan fingerprint density at radius 3 is 2.88 bits per heavy atom. The van der Waals surface area contributed by atoms with Crippen LogP contribution in [0.3, 0.4) is 0 Å². The van der Waals surface area contributed by atoms with Crippen LogP contribution < -0.4 is 0 Å². The molecule has 16 heavy (non-hydrogen) atoms. The molecule has 1 atom stereocenters. The van der Waals surface area contributed by atoms with Gasteiger partial charge in [-0.3, -0.25) is 0 Å². The fraction of sp³-hybridized carbons (Fsp3) is 0.769. The van der Waals surface area contributed by atoms with E-state index in [1.54, 1.807) is 0 Å². The van der Waals surface area contributed by atoms with E-state index in [0.29, 0.717) is 11.9 Å². The predicted molar refractivity (Wildman–Crippen MR) is 68.0 cm³/mol. The average molecular weight is 241 g/mol. The van der Waals surface area contributed by atoms with Crippen molar-refractivity contribution in [2.45, 2.75) is 64.3 Å². The normalized spacial score (nSPS) is 19.8. The largest absolute Gasteiger partial charge is 0.329 e. The lowest BCUT2D eigenvalue weighted by molar-refractivity contribution is 0.379. The molecular formula is C13H21ClN2. The Bertz CT molecular complexity index is 357.